The molecular weight excluding hydrogens is 232 g/mol. The summed E-state index contributed by atoms with van der Waals surface area (Å²) in [5.41, 5.74) is 6.15. The Bertz CT molecular complexity index is 415. The number of likely N-dealkylation sites (tertiary alicyclic amines) is 1. The summed E-state index contributed by atoms with van der Waals surface area (Å²) >= 11 is 0. The molecule has 1 aliphatic heterocycles. The van der Waals surface area contributed by atoms with E-state index in [1.807, 2.05) is 19.0 Å². The van der Waals surface area contributed by atoms with Gasteiger partial charge in [0.2, 0.25) is 5.91 Å². The molecule has 2 heterocycles. The number of hydrogen-bond donors (Lipinski definition) is 1. The van der Waals surface area contributed by atoms with Gasteiger partial charge in [0.1, 0.15) is 6.54 Å². The van der Waals surface area contributed by atoms with Crippen molar-refractivity contribution in [2.75, 3.05) is 27.2 Å². The van der Waals surface area contributed by atoms with Crippen LogP contribution in [0.5, 0.6) is 0 Å². The largest absolute Gasteiger partial charge is 0.339 e. The highest BCUT2D eigenvalue weighted by molar-refractivity contribution is 5.76. The van der Waals surface area contributed by atoms with Gasteiger partial charge in [-0.05, 0) is 20.5 Å². The van der Waals surface area contributed by atoms with Crippen LogP contribution in [-0.4, -0.2) is 63.9 Å². The van der Waals surface area contributed by atoms with E-state index < -0.39 is 0 Å². The van der Waals surface area contributed by atoms with Gasteiger partial charge in [0.15, 0.2) is 0 Å². The van der Waals surface area contributed by atoms with Crippen LogP contribution in [-0.2, 0) is 17.9 Å². The molecule has 1 aliphatic rings. The van der Waals surface area contributed by atoms with Crippen LogP contribution in [0.25, 0.3) is 0 Å². The molecule has 7 nitrogen and oxygen atoms in total. The molecule has 0 aliphatic carbocycles. The standard InChI is InChI=1S/C11H20N6O/c1-15(2)10-3-4-16(7-10)11(18)8-17-6-9(5-12)13-14-17/h6,10H,3-5,7-8,12H2,1-2H3. The number of carbonyl (C=O) groups is 1. The lowest BCUT2D eigenvalue weighted by atomic mass is 10.2. The average Bonchev–Trinajstić information content (AvgIpc) is 2.97. The zero-order chi connectivity index (χ0) is 13.1. The van der Waals surface area contributed by atoms with Crippen LogP contribution in [0, 0.1) is 0 Å². The summed E-state index contributed by atoms with van der Waals surface area (Å²) in [6, 6.07) is 0.462. The van der Waals surface area contributed by atoms with Crippen LogP contribution < -0.4 is 5.73 Å². The van der Waals surface area contributed by atoms with Crippen molar-refractivity contribution in [3.63, 3.8) is 0 Å². The van der Waals surface area contributed by atoms with E-state index in [-0.39, 0.29) is 12.5 Å². The van der Waals surface area contributed by atoms with E-state index in [0.717, 1.165) is 19.5 Å². The molecule has 1 saturated heterocycles. The molecule has 18 heavy (non-hydrogen) atoms. The smallest absolute Gasteiger partial charge is 0.244 e. The third-order valence-corrected chi connectivity index (χ3v) is 3.34. The van der Waals surface area contributed by atoms with Crippen LogP contribution in [0.3, 0.4) is 0 Å². The normalized spacial score (nSPS) is 19.8. The van der Waals surface area contributed by atoms with Crippen molar-refractivity contribution in [3.8, 4) is 0 Å². The van der Waals surface area contributed by atoms with Gasteiger partial charge in [-0.1, -0.05) is 5.21 Å². The van der Waals surface area contributed by atoms with E-state index in [4.69, 9.17) is 5.73 Å². The van der Waals surface area contributed by atoms with Gasteiger partial charge in [0.25, 0.3) is 0 Å². The fraction of sp³-hybridized carbons (Fsp3) is 0.727. The van der Waals surface area contributed by atoms with Crippen molar-refractivity contribution in [1.29, 1.82) is 0 Å². The van der Waals surface area contributed by atoms with Crippen molar-refractivity contribution >= 4 is 5.91 Å². The molecule has 100 valence electrons. The summed E-state index contributed by atoms with van der Waals surface area (Å²) < 4.78 is 1.55. The minimum Gasteiger partial charge on any atom is -0.339 e. The third kappa shape index (κ3) is 2.85. The van der Waals surface area contributed by atoms with Crippen LogP contribution in [0.1, 0.15) is 12.1 Å². The number of likely N-dealkylation sites (N-methyl/N-ethyl adjacent to an activating group) is 1. The molecule has 0 bridgehead atoms. The van der Waals surface area contributed by atoms with Gasteiger partial charge >= 0.3 is 0 Å². The summed E-state index contributed by atoms with van der Waals surface area (Å²) in [6.45, 7) is 2.21. The molecule has 0 saturated carbocycles. The lowest BCUT2D eigenvalue weighted by Gasteiger charge is -2.20. The second-order valence-corrected chi connectivity index (χ2v) is 4.86. The minimum absolute atomic E-state index is 0.0906. The van der Waals surface area contributed by atoms with Crippen molar-refractivity contribution in [1.82, 2.24) is 24.8 Å². The number of rotatable bonds is 4. The van der Waals surface area contributed by atoms with Gasteiger partial charge in [0, 0.05) is 25.7 Å². The summed E-state index contributed by atoms with van der Waals surface area (Å²) in [4.78, 5) is 16.1. The van der Waals surface area contributed by atoms with E-state index >= 15 is 0 Å². The van der Waals surface area contributed by atoms with Crippen molar-refractivity contribution < 1.29 is 4.79 Å². The van der Waals surface area contributed by atoms with Gasteiger partial charge in [-0.3, -0.25) is 4.79 Å². The Morgan fingerprint density at radius 2 is 2.39 bits per heavy atom. The van der Waals surface area contributed by atoms with Gasteiger partial charge in [-0.25, -0.2) is 4.68 Å². The Morgan fingerprint density at radius 1 is 1.61 bits per heavy atom. The first-order chi connectivity index (χ1) is 8.60. The first-order valence-electron chi connectivity index (χ1n) is 6.13. The Balaban J connectivity index is 1.89. The summed E-state index contributed by atoms with van der Waals surface area (Å²) in [7, 11) is 4.09. The molecule has 1 fully saturated rings. The SMILES string of the molecule is CN(C)C1CCN(C(=O)Cn2cc(CN)nn2)C1. The number of carbonyl (C=O) groups excluding carboxylic acids is 1. The molecule has 0 spiro atoms. The predicted octanol–water partition coefficient (Wildman–Crippen LogP) is -1.10. The van der Waals surface area contributed by atoms with E-state index in [1.165, 1.54) is 0 Å². The first-order valence-corrected chi connectivity index (χ1v) is 6.13. The lowest BCUT2D eigenvalue weighted by molar-refractivity contribution is -0.131. The van der Waals surface area contributed by atoms with Crippen LogP contribution in [0.4, 0.5) is 0 Å². The van der Waals surface area contributed by atoms with Crippen LogP contribution >= 0.6 is 0 Å². The molecule has 1 unspecified atom stereocenters. The van der Waals surface area contributed by atoms with Gasteiger partial charge in [-0.15, -0.1) is 5.10 Å². The number of nitrogens with zero attached hydrogens (tertiary/aromatic N) is 5. The topological polar surface area (TPSA) is 80.3 Å². The van der Waals surface area contributed by atoms with Gasteiger partial charge in [0.05, 0.1) is 11.9 Å². The van der Waals surface area contributed by atoms with E-state index in [1.54, 1.807) is 10.9 Å². The second kappa shape index (κ2) is 5.45. The van der Waals surface area contributed by atoms with Crippen LogP contribution in [0.2, 0.25) is 0 Å². The maximum atomic E-state index is 12.1. The molecule has 1 atom stereocenters. The van der Waals surface area contributed by atoms with E-state index in [9.17, 15) is 4.79 Å². The van der Waals surface area contributed by atoms with Crippen LogP contribution in [0.15, 0.2) is 6.20 Å². The van der Waals surface area contributed by atoms with E-state index in [2.05, 4.69) is 15.2 Å². The Morgan fingerprint density at radius 3 is 2.94 bits per heavy atom. The Labute approximate surface area is 107 Å². The number of amides is 1. The fourth-order valence-corrected chi connectivity index (χ4v) is 2.14. The monoisotopic (exact) mass is 252 g/mol. The molecule has 0 radical (unpaired) electrons. The second-order valence-electron chi connectivity index (χ2n) is 4.86. The molecule has 2 N–H and O–H groups in total. The number of hydrogen-bond acceptors (Lipinski definition) is 5. The molecule has 0 aromatic carbocycles. The van der Waals surface area contributed by atoms with Crippen molar-refractivity contribution in [2.24, 2.45) is 5.73 Å². The fourth-order valence-electron chi connectivity index (χ4n) is 2.14. The highest BCUT2D eigenvalue weighted by Gasteiger charge is 2.27. The molecule has 1 aromatic rings. The Hall–Kier alpha value is -1.47. The molecule has 1 amide bonds. The maximum Gasteiger partial charge on any atom is 0.244 e. The number of nitrogens with two attached hydrogens (primary N) is 1. The quantitative estimate of drug-likeness (QED) is 0.735. The summed E-state index contributed by atoms with van der Waals surface area (Å²) in [5.74, 6) is 0.0906. The third-order valence-electron chi connectivity index (χ3n) is 3.34. The van der Waals surface area contributed by atoms with Crippen molar-refractivity contribution in [2.45, 2.75) is 25.6 Å². The average molecular weight is 252 g/mol. The maximum absolute atomic E-state index is 12.1. The predicted molar refractivity (Wildman–Crippen MR) is 66.6 cm³/mol. The zero-order valence-electron chi connectivity index (χ0n) is 10.9. The first kappa shape index (κ1) is 13.0. The zero-order valence-corrected chi connectivity index (χ0v) is 10.9. The molecule has 1 aromatic heterocycles. The highest BCUT2D eigenvalue weighted by Crippen LogP contribution is 2.13. The van der Waals surface area contributed by atoms with Gasteiger partial charge in [-0.2, -0.15) is 0 Å². The molecule has 2 rings (SSSR count). The highest BCUT2D eigenvalue weighted by atomic mass is 16.2. The van der Waals surface area contributed by atoms with Crippen molar-refractivity contribution in [3.05, 3.63) is 11.9 Å². The minimum atomic E-state index is 0.0906. The number of aromatic nitrogens is 3. The Kier molecular flexibility index (Phi) is 3.93. The molecular formula is C11H20N6O. The summed E-state index contributed by atoms with van der Waals surface area (Å²) in [5, 5.41) is 7.75. The van der Waals surface area contributed by atoms with Gasteiger partial charge < -0.3 is 15.5 Å². The molecule has 7 heteroatoms. The van der Waals surface area contributed by atoms with E-state index in [0.29, 0.717) is 18.3 Å². The summed E-state index contributed by atoms with van der Waals surface area (Å²) in [6.07, 6.45) is 2.75. The lowest BCUT2D eigenvalue weighted by Crippen LogP contribution is -2.36.